The lowest BCUT2D eigenvalue weighted by atomic mass is 10.1. The van der Waals surface area contributed by atoms with E-state index in [9.17, 15) is 4.39 Å². The van der Waals surface area contributed by atoms with Gasteiger partial charge in [-0.2, -0.15) is 0 Å². The smallest absolute Gasteiger partial charge is 0.165 e. The van der Waals surface area contributed by atoms with Crippen LogP contribution in [0, 0.1) is 5.82 Å². The van der Waals surface area contributed by atoms with Gasteiger partial charge in [0.15, 0.2) is 11.6 Å². The Kier molecular flexibility index (Phi) is 5.80. The molecule has 2 rings (SSSR count). The van der Waals surface area contributed by atoms with E-state index < -0.39 is 0 Å². The summed E-state index contributed by atoms with van der Waals surface area (Å²) in [6.45, 7) is 6.69. The van der Waals surface area contributed by atoms with Crippen molar-refractivity contribution in [2.24, 2.45) is 0 Å². The van der Waals surface area contributed by atoms with Crippen LogP contribution in [0.3, 0.4) is 0 Å². The van der Waals surface area contributed by atoms with Gasteiger partial charge in [-0.1, -0.05) is 6.07 Å². The maximum atomic E-state index is 13.6. The zero-order valence-electron chi connectivity index (χ0n) is 12.5. The Hall–Kier alpha value is -1.13. The summed E-state index contributed by atoms with van der Waals surface area (Å²) >= 11 is 0. The molecule has 1 aromatic carbocycles. The molecule has 1 aliphatic heterocycles. The first-order valence-corrected chi connectivity index (χ1v) is 7.50. The van der Waals surface area contributed by atoms with Gasteiger partial charge in [0, 0.05) is 6.04 Å². The summed E-state index contributed by atoms with van der Waals surface area (Å²) in [5.74, 6) is 0.00528. The van der Waals surface area contributed by atoms with Crippen LogP contribution in [0.15, 0.2) is 18.2 Å². The monoisotopic (exact) mass is 280 g/mol. The number of benzene rings is 1. The number of nitrogens with zero attached hydrogens (tertiary/aromatic N) is 1. The fraction of sp³-hybridized carbons (Fsp3) is 0.625. The van der Waals surface area contributed by atoms with Crippen molar-refractivity contribution < 1.29 is 9.13 Å². The summed E-state index contributed by atoms with van der Waals surface area (Å²) < 4.78 is 18.6. The molecule has 0 saturated carbocycles. The number of ether oxygens (including phenoxy) is 1. The number of methoxy groups -OCH3 is 1. The van der Waals surface area contributed by atoms with Crippen LogP contribution in [0.25, 0.3) is 0 Å². The highest BCUT2D eigenvalue weighted by Gasteiger charge is 2.11. The number of hydrogen-bond acceptors (Lipinski definition) is 3. The van der Waals surface area contributed by atoms with Crippen LogP contribution in [0.5, 0.6) is 5.75 Å². The van der Waals surface area contributed by atoms with E-state index >= 15 is 0 Å². The van der Waals surface area contributed by atoms with Gasteiger partial charge in [-0.15, -0.1) is 0 Å². The molecule has 1 saturated heterocycles. The molecule has 0 bridgehead atoms. The van der Waals surface area contributed by atoms with Gasteiger partial charge in [-0.05, 0) is 70.1 Å². The van der Waals surface area contributed by atoms with E-state index in [0.717, 1.165) is 25.1 Å². The third-order valence-corrected chi connectivity index (χ3v) is 3.98. The molecule has 0 aromatic heterocycles. The number of likely N-dealkylation sites (tertiary alicyclic amines) is 1. The Bertz CT molecular complexity index is 419. The Balaban J connectivity index is 1.73. The molecule has 1 heterocycles. The minimum Gasteiger partial charge on any atom is -0.494 e. The number of nitrogens with one attached hydrogen (secondary N) is 1. The fourth-order valence-electron chi connectivity index (χ4n) is 2.70. The van der Waals surface area contributed by atoms with Gasteiger partial charge >= 0.3 is 0 Å². The zero-order chi connectivity index (χ0) is 14.4. The molecule has 1 aromatic rings. The second-order valence-electron chi connectivity index (χ2n) is 5.47. The first kappa shape index (κ1) is 15.3. The Morgan fingerprint density at radius 3 is 2.75 bits per heavy atom. The second-order valence-corrected chi connectivity index (χ2v) is 5.47. The first-order chi connectivity index (χ1) is 9.70. The van der Waals surface area contributed by atoms with E-state index in [0.29, 0.717) is 5.75 Å². The van der Waals surface area contributed by atoms with Crippen molar-refractivity contribution in [1.29, 1.82) is 0 Å². The minimum atomic E-state index is -0.296. The van der Waals surface area contributed by atoms with E-state index in [1.54, 1.807) is 12.1 Å². The molecular formula is C16H25FN2O. The molecule has 20 heavy (non-hydrogen) atoms. The van der Waals surface area contributed by atoms with Gasteiger partial charge in [-0.25, -0.2) is 4.39 Å². The number of rotatable bonds is 7. The van der Waals surface area contributed by atoms with E-state index in [4.69, 9.17) is 4.74 Å². The first-order valence-electron chi connectivity index (χ1n) is 7.50. The van der Waals surface area contributed by atoms with Gasteiger partial charge in [0.25, 0.3) is 0 Å². The van der Waals surface area contributed by atoms with Crippen molar-refractivity contribution in [3.63, 3.8) is 0 Å². The fourth-order valence-corrected chi connectivity index (χ4v) is 2.70. The predicted molar refractivity (Wildman–Crippen MR) is 79.7 cm³/mol. The van der Waals surface area contributed by atoms with Crippen LogP contribution >= 0.6 is 0 Å². The molecule has 4 heteroatoms. The van der Waals surface area contributed by atoms with Crippen molar-refractivity contribution in [3.05, 3.63) is 29.6 Å². The lowest BCUT2D eigenvalue weighted by Gasteiger charge is -2.17. The largest absolute Gasteiger partial charge is 0.494 e. The van der Waals surface area contributed by atoms with Gasteiger partial charge in [0.2, 0.25) is 0 Å². The quantitative estimate of drug-likeness (QED) is 0.777. The summed E-state index contributed by atoms with van der Waals surface area (Å²) in [7, 11) is 1.48. The van der Waals surface area contributed by atoms with E-state index in [-0.39, 0.29) is 11.9 Å². The standard InChI is InChI=1S/C16H25FN2O/c1-13(14-6-7-16(20-2)15(17)12-14)18-8-5-11-19-9-3-4-10-19/h6-7,12-13,18H,3-5,8-11H2,1-2H3. The van der Waals surface area contributed by atoms with Crippen LogP contribution in [-0.4, -0.2) is 38.2 Å². The normalized spacial score (nSPS) is 17.4. The number of hydrogen-bond donors (Lipinski definition) is 1. The Labute approximate surface area is 121 Å². The SMILES string of the molecule is COc1ccc(C(C)NCCCN2CCCC2)cc1F. The maximum Gasteiger partial charge on any atom is 0.165 e. The van der Waals surface area contributed by atoms with E-state index in [1.165, 1.54) is 33.0 Å². The molecule has 1 aliphatic rings. The molecule has 1 fully saturated rings. The molecule has 3 nitrogen and oxygen atoms in total. The van der Waals surface area contributed by atoms with Crippen molar-refractivity contribution in [1.82, 2.24) is 10.2 Å². The maximum absolute atomic E-state index is 13.6. The molecule has 0 aliphatic carbocycles. The molecular weight excluding hydrogens is 255 g/mol. The molecule has 1 atom stereocenters. The highest BCUT2D eigenvalue weighted by atomic mass is 19.1. The molecule has 0 radical (unpaired) electrons. The molecule has 1 unspecified atom stereocenters. The topological polar surface area (TPSA) is 24.5 Å². The van der Waals surface area contributed by atoms with Gasteiger partial charge < -0.3 is 15.0 Å². The minimum absolute atomic E-state index is 0.161. The van der Waals surface area contributed by atoms with Crippen LogP contribution in [-0.2, 0) is 0 Å². The van der Waals surface area contributed by atoms with Crippen LogP contribution in [0.1, 0.15) is 37.8 Å². The summed E-state index contributed by atoms with van der Waals surface area (Å²) in [4.78, 5) is 2.51. The second kappa shape index (κ2) is 7.60. The third-order valence-electron chi connectivity index (χ3n) is 3.98. The summed E-state index contributed by atoms with van der Waals surface area (Å²) in [6, 6.07) is 5.32. The summed E-state index contributed by atoms with van der Waals surface area (Å²) in [5, 5.41) is 3.45. The van der Waals surface area contributed by atoms with Crippen LogP contribution < -0.4 is 10.1 Å². The third kappa shape index (κ3) is 4.18. The molecule has 1 N–H and O–H groups in total. The van der Waals surface area contributed by atoms with Gasteiger partial charge in [-0.3, -0.25) is 0 Å². The predicted octanol–water partition coefficient (Wildman–Crippen LogP) is 2.97. The highest BCUT2D eigenvalue weighted by molar-refractivity contribution is 5.30. The van der Waals surface area contributed by atoms with Crippen molar-refractivity contribution in [2.45, 2.75) is 32.2 Å². The Morgan fingerprint density at radius 1 is 1.35 bits per heavy atom. The molecule has 112 valence electrons. The van der Waals surface area contributed by atoms with Crippen molar-refractivity contribution >= 4 is 0 Å². The summed E-state index contributed by atoms with van der Waals surface area (Å²) in [6.07, 6.45) is 3.83. The summed E-state index contributed by atoms with van der Waals surface area (Å²) in [5.41, 5.74) is 0.962. The van der Waals surface area contributed by atoms with Gasteiger partial charge in [0.1, 0.15) is 0 Å². The van der Waals surface area contributed by atoms with E-state index in [2.05, 4.69) is 17.1 Å². The Morgan fingerprint density at radius 2 is 2.10 bits per heavy atom. The van der Waals surface area contributed by atoms with Gasteiger partial charge in [0.05, 0.1) is 7.11 Å². The zero-order valence-corrected chi connectivity index (χ0v) is 12.5. The lowest BCUT2D eigenvalue weighted by Crippen LogP contribution is -2.26. The lowest BCUT2D eigenvalue weighted by molar-refractivity contribution is 0.328. The van der Waals surface area contributed by atoms with E-state index in [1.807, 2.05) is 6.07 Å². The number of halogens is 1. The molecule has 0 spiro atoms. The van der Waals surface area contributed by atoms with Crippen molar-refractivity contribution in [2.75, 3.05) is 33.3 Å². The average molecular weight is 280 g/mol. The highest BCUT2D eigenvalue weighted by Crippen LogP contribution is 2.21. The molecule has 0 amide bonds. The van der Waals surface area contributed by atoms with Crippen LogP contribution in [0.2, 0.25) is 0 Å². The van der Waals surface area contributed by atoms with Crippen molar-refractivity contribution in [3.8, 4) is 5.75 Å². The van der Waals surface area contributed by atoms with Crippen LogP contribution in [0.4, 0.5) is 4.39 Å². The average Bonchev–Trinajstić information content (AvgIpc) is 2.96.